The zero-order valence-corrected chi connectivity index (χ0v) is 76.7. The number of pyridine rings is 4. The Kier molecular flexibility index (Phi) is 39.7. The summed E-state index contributed by atoms with van der Waals surface area (Å²) in [6.07, 6.45) is -2.52. The molecule has 0 aliphatic carbocycles. The summed E-state index contributed by atoms with van der Waals surface area (Å²) < 4.78 is 154. The summed E-state index contributed by atoms with van der Waals surface area (Å²) in [5.41, 5.74) is 10.6. The third kappa shape index (κ3) is 29.9. The lowest BCUT2D eigenvalue weighted by Gasteiger charge is -2.27. The summed E-state index contributed by atoms with van der Waals surface area (Å²) in [4.78, 5) is 121. The van der Waals surface area contributed by atoms with Crippen molar-refractivity contribution in [1.29, 1.82) is 0 Å². The fourth-order valence-corrected chi connectivity index (χ4v) is 15.8. The number of rotatable bonds is 18. The van der Waals surface area contributed by atoms with E-state index in [0.29, 0.717) is 130 Å². The number of carbonyl (C=O) groups is 8. The van der Waals surface area contributed by atoms with E-state index in [0.717, 1.165) is 95.1 Å². The van der Waals surface area contributed by atoms with E-state index in [-0.39, 0.29) is 87.9 Å². The van der Waals surface area contributed by atoms with E-state index in [4.69, 9.17) is 98.5 Å². The molecule has 0 spiro atoms. The largest absolute Gasteiger partial charge is 0.417 e. The summed E-state index contributed by atoms with van der Waals surface area (Å²) in [5, 5.41) is 17.9. The predicted octanol–water partition coefficient (Wildman–Crippen LogP) is 23.5. The second kappa shape index (κ2) is 48.4. The van der Waals surface area contributed by atoms with Crippen LogP contribution in [-0.4, -0.2) is 160 Å². The van der Waals surface area contributed by atoms with Gasteiger partial charge in [0.15, 0.2) is 0 Å². The van der Waals surface area contributed by atoms with Crippen molar-refractivity contribution in [2.45, 2.75) is 124 Å². The maximum absolute atomic E-state index is 12.8. The summed E-state index contributed by atoms with van der Waals surface area (Å²) >= 11 is 48.4. The van der Waals surface area contributed by atoms with Gasteiger partial charge in [0, 0.05) is 120 Å². The molecule has 0 bridgehead atoms. The fourth-order valence-electron chi connectivity index (χ4n) is 13.4. The first kappa shape index (κ1) is 110. The molecule has 0 fully saturated rings. The lowest BCUT2D eigenvalue weighted by atomic mass is 9.99. The Morgan fingerprint density at radius 3 is 0.858 bits per heavy atom. The molecule has 8 aromatic rings. The number of urea groups is 4. The van der Waals surface area contributed by atoms with Gasteiger partial charge in [-0.05, 0) is 202 Å². The highest BCUT2D eigenvalue weighted by molar-refractivity contribution is 6.35. The number of hydrogen-bond acceptors (Lipinski definition) is 12. The number of amides is 12. The second-order valence-corrected chi connectivity index (χ2v) is 33.1. The standard InChI is InChI=1S/C23H23Cl2F3N4O2.2C22H21Cl2F3N4O2.C21H19Cl2F3N4O2.2CH4/c1-3-29-21(33)13(2)15-10-19(25)20(30-12-15)14-6-8-32(9-7-14)22(34)31-16-4-5-17(18(24)11-16)23(26,27)28;1-12(20(32)28-2)14-9-18(24)19(29-11-14)13-5-7-31(8-6-13)21(33)30-15-3-4-16(17(23)10-15)22(25,26)27;1-2-28-19(32)10-13-9-18(24)20(29-12-13)14-5-7-31(8-6-14)21(33)30-15-3-4-16(17(23)11-15)22(25,26)27;1-11(19(27)31)13-8-17(23)18(28-10-13)12-4-6-30(7-5-12)20(32)29-14-2-3-15(16(22)9-14)21(24,25)26;;/h4-6,10-13H,3,7-9H2,1-2H3,(H,29,33)(H,31,34);3-5,9-12H,6-8H2,1-2H3,(H,28,32)(H,30,33);3-5,9,11-12H,2,6-8,10H2,1H3,(H,28,32)(H,30,33);2-4,8-11H,5-7H2,1H3,(H2,27,31)(H,29,32);2*1H4. The Bertz CT molecular complexity index is 5790. The molecule has 12 rings (SSSR count). The maximum Gasteiger partial charge on any atom is 0.417 e. The zero-order chi connectivity index (χ0) is 97.2. The molecule has 4 aromatic carbocycles. The minimum absolute atomic E-state index is 0. The van der Waals surface area contributed by atoms with Crippen molar-refractivity contribution in [3.05, 3.63) is 254 Å². The number of carbonyl (C=O) groups excluding carboxylic acids is 8. The smallest absolute Gasteiger partial charge is 0.369 e. The van der Waals surface area contributed by atoms with E-state index < -0.39 is 115 Å². The van der Waals surface area contributed by atoms with Crippen LogP contribution in [0.3, 0.4) is 0 Å². The maximum atomic E-state index is 12.8. The number of anilines is 4. The molecule has 8 heterocycles. The van der Waals surface area contributed by atoms with Crippen LogP contribution in [0.25, 0.3) is 22.3 Å². The highest BCUT2D eigenvalue weighted by Gasteiger charge is 2.38. The summed E-state index contributed by atoms with van der Waals surface area (Å²) in [7, 11) is 1.56. The quantitative estimate of drug-likeness (QED) is 0.0372. The average molecular weight is 2040 g/mol. The van der Waals surface area contributed by atoms with Crippen molar-refractivity contribution < 1.29 is 91.0 Å². The monoisotopic (exact) mass is 2030 g/mol. The number of likely N-dealkylation sites (N-methyl/N-ethyl adjacent to an activating group) is 3. The van der Waals surface area contributed by atoms with Crippen LogP contribution in [0.15, 0.2) is 146 Å². The number of aromatic nitrogens is 4. The highest BCUT2D eigenvalue weighted by Crippen LogP contribution is 2.42. The molecule has 3 atom stereocenters. The molecule has 0 saturated carbocycles. The first-order valence-corrected chi connectivity index (χ1v) is 43.2. The second-order valence-electron chi connectivity index (χ2n) is 29.9. The van der Waals surface area contributed by atoms with Gasteiger partial charge in [-0.15, -0.1) is 0 Å². The van der Waals surface area contributed by atoms with Gasteiger partial charge >= 0.3 is 48.8 Å². The fraction of sp³-hybridized carbons (Fsp3) is 0.333. The third-order valence-electron chi connectivity index (χ3n) is 20.8. The van der Waals surface area contributed by atoms with E-state index in [1.54, 1.807) is 82.9 Å². The van der Waals surface area contributed by atoms with Gasteiger partial charge in [0.05, 0.1) is 109 Å². The van der Waals surface area contributed by atoms with Gasteiger partial charge in [-0.1, -0.05) is 132 Å². The van der Waals surface area contributed by atoms with Crippen molar-refractivity contribution in [2.75, 3.05) is 93.8 Å². The minimum Gasteiger partial charge on any atom is -0.369 e. The predicted molar refractivity (Wildman–Crippen MR) is 499 cm³/mol. The summed E-state index contributed by atoms with van der Waals surface area (Å²) in [5.74, 6) is -2.16. The van der Waals surface area contributed by atoms with Crippen LogP contribution in [0.5, 0.6) is 0 Å². The molecule has 12 amide bonds. The van der Waals surface area contributed by atoms with Gasteiger partial charge in [0.2, 0.25) is 23.6 Å². The molecule has 4 aromatic heterocycles. The van der Waals surface area contributed by atoms with E-state index in [1.807, 2.05) is 32.1 Å². The normalized spacial score (nSPS) is 14.6. The van der Waals surface area contributed by atoms with Crippen LogP contribution in [-0.2, 0) is 50.3 Å². The molecule has 24 nitrogen and oxygen atoms in total. The van der Waals surface area contributed by atoms with E-state index in [9.17, 15) is 91.0 Å². The highest BCUT2D eigenvalue weighted by atomic mass is 35.5. The first-order chi connectivity index (χ1) is 62.1. The van der Waals surface area contributed by atoms with Crippen LogP contribution in [0.2, 0.25) is 40.2 Å². The summed E-state index contributed by atoms with van der Waals surface area (Å²) in [6, 6.07) is 17.1. The molecule has 720 valence electrons. The molecule has 44 heteroatoms. The lowest BCUT2D eigenvalue weighted by molar-refractivity contribution is -0.138. The SMILES string of the molecule is C.C.CC(C(N)=O)c1cnc(C2=CCN(C(=O)Nc3ccc(C(F)(F)F)c(Cl)c3)CC2)c(Cl)c1.CCNC(=O)C(C)c1cnc(C2=CCN(C(=O)Nc3ccc(C(F)(F)F)c(Cl)c3)CC2)c(Cl)c1.CCNC(=O)Cc1cnc(C2=CCN(C(=O)Nc3ccc(C(F)(F)F)c(Cl)c3)CC2)c(Cl)c1.CNC(=O)C(C)c1cnc(C2=CCN(C(=O)Nc3ccc(C(F)(F)F)c(Cl)c3)CC2)c(Cl)c1. The number of benzene rings is 4. The topological polar surface area (TPSA) is 311 Å². The van der Waals surface area contributed by atoms with Gasteiger partial charge < -0.3 is 62.6 Å². The molecule has 134 heavy (non-hydrogen) atoms. The lowest BCUT2D eigenvalue weighted by Crippen LogP contribution is -2.38. The first-order valence-electron chi connectivity index (χ1n) is 40.2. The number of nitrogens with one attached hydrogen (secondary N) is 7. The molecule has 3 unspecified atom stereocenters. The molecule has 4 aliphatic heterocycles. The van der Waals surface area contributed by atoms with Crippen molar-refractivity contribution in [3.8, 4) is 0 Å². The van der Waals surface area contributed by atoms with Gasteiger partial charge in [-0.3, -0.25) is 39.1 Å². The Balaban J connectivity index is 0.000000243. The van der Waals surface area contributed by atoms with Crippen LogP contribution in [0.1, 0.15) is 160 Å². The van der Waals surface area contributed by atoms with Gasteiger partial charge in [-0.25, -0.2) is 19.2 Å². The molecule has 4 aliphatic rings. The molecular formula is C90H92Cl8F12N16O8. The number of halogens is 20. The van der Waals surface area contributed by atoms with Crippen molar-refractivity contribution in [3.63, 3.8) is 0 Å². The number of hydrogen-bond donors (Lipinski definition) is 8. The Morgan fingerprint density at radius 2 is 0.634 bits per heavy atom. The van der Waals surface area contributed by atoms with Gasteiger partial charge in [0.25, 0.3) is 0 Å². The molecular weight excluding hydrogens is 1940 g/mol. The Labute approximate surface area is 804 Å². The number of nitrogens with zero attached hydrogens (tertiary/aromatic N) is 8. The summed E-state index contributed by atoms with van der Waals surface area (Å²) in [6.45, 7) is 12.5. The molecule has 0 saturated heterocycles. The van der Waals surface area contributed by atoms with Crippen molar-refractivity contribution in [1.82, 2.24) is 55.5 Å². The Hall–Kier alpha value is -11.1. The molecule has 9 N–H and O–H groups in total. The minimum atomic E-state index is -4.57. The number of alkyl halides is 12. The van der Waals surface area contributed by atoms with E-state index in [1.165, 1.54) is 19.6 Å². The van der Waals surface area contributed by atoms with Gasteiger partial charge in [0.1, 0.15) is 0 Å². The van der Waals surface area contributed by atoms with E-state index >= 15 is 0 Å². The molecule has 0 radical (unpaired) electrons. The zero-order valence-electron chi connectivity index (χ0n) is 70.7. The van der Waals surface area contributed by atoms with Gasteiger partial charge in [-0.2, -0.15) is 52.7 Å². The van der Waals surface area contributed by atoms with Crippen LogP contribution < -0.4 is 43.0 Å². The van der Waals surface area contributed by atoms with Crippen molar-refractivity contribution in [2.24, 2.45) is 5.73 Å². The number of primary amides is 1. The number of nitrogens with two attached hydrogens (primary N) is 1. The average Bonchev–Trinajstić information content (AvgIpc) is 0.813. The third-order valence-corrected chi connectivity index (χ3v) is 23.2. The van der Waals surface area contributed by atoms with E-state index in [2.05, 4.69) is 57.2 Å². The van der Waals surface area contributed by atoms with Crippen LogP contribution >= 0.6 is 92.8 Å². The Morgan fingerprint density at radius 1 is 0.373 bits per heavy atom. The van der Waals surface area contributed by atoms with Crippen LogP contribution in [0, 0.1) is 0 Å². The van der Waals surface area contributed by atoms with Crippen molar-refractivity contribution >= 4 is 186 Å². The van der Waals surface area contributed by atoms with Crippen LogP contribution in [0.4, 0.5) is 94.6 Å².